The third-order valence-electron chi connectivity index (χ3n) is 6.32. The van der Waals surface area contributed by atoms with Crippen LogP contribution < -0.4 is 5.32 Å². The number of rotatable bonds is 5. The van der Waals surface area contributed by atoms with Gasteiger partial charge in [-0.3, -0.25) is 9.59 Å². The summed E-state index contributed by atoms with van der Waals surface area (Å²) >= 11 is 0. The summed E-state index contributed by atoms with van der Waals surface area (Å²) in [7, 11) is 0. The maximum Gasteiger partial charge on any atom is 0.224 e. The summed E-state index contributed by atoms with van der Waals surface area (Å²) in [4.78, 5) is 25.3. The molecule has 1 saturated heterocycles. The molecule has 5 nitrogen and oxygen atoms in total. The number of ketones is 1. The van der Waals surface area contributed by atoms with Crippen molar-refractivity contribution in [2.24, 2.45) is 0 Å². The normalized spacial score (nSPS) is 23.4. The molecule has 2 heterocycles. The molecule has 1 saturated carbocycles. The van der Waals surface area contributed by atoms with Crippen LogP contribution in [0.2, 0.25) is 0 Å². The van der Waals surface area contributed by atoms with Gasteiger partial charge in [-0.25, -0.2) is 0 Å². The predicted molar refractivity (Wildman–Crippen MR) is 99.5 cm³/mol. The monoisotopic (exact) mass is 358 g/mol. The van der Waals surface area contributed by atoms with E-state index in [0.717, 1.165) is 74.2 Å². The van der Waals surface area contributed by atoms with Gasteiger partial charge in [0.05, 0.1) is 12.5 Å². The number of carbonyl (C=O) groups excluding carboxylic acids is 2. The molecule has 1 atom stereocenters. The van der Waals surface area contributed by atoms with Gasteiger partial charge in [-0.2, -0.15) is 0 Å². The fourth-order valence-corrected chi connectivity index (χ4v) is 4.95. The average Bonchev–Trinajstić information content (AvgIpc) is 3.35. The van der Waals surface area contributed by atoms with Gasteiger partial charge in [0.2, 0.25) is 5.91 Å². The van der Waals surface area contributed by atoms with Crippen LogP contribution in [-0.2, 0) is 28.9 Å². The van der Waals surface area contributed by atoms with Gasteiger partial charge >= 0.3 is 0 Å². The zero-order valence-corrected chi connectivity index (χ0v) is 15.8. The summed E-state index contributed by atoms with van der Waals surface area (Å²) in [6.45, 7) is 3.72. The lowest BCUT2D eigenvalue weighted by molar-refractivity contribution is -0.121. The van der Waals surface area contributed by atoms with Crippen molar-refractivity contribution < 1.29 is 14.3 Å². The Balaban J connectivity index is 1.59. The summed E-state index contributed by atoms with van der Waals surface area (Å²) in [5, 5.41) is 3.17. The van der Waals surface area contributed by atoms with E-state index < -0.39 is 0 Å². The van der Waals surface area contributed by atoms with Crippen LogP contribution in [0.1, 0.15) is 78.7 Å². The van der Waals surface area contributed by atoms with Gasteiger partial charge in [-0.1, -0.05) is 12.8 Å². The standard InChI is InChI=1S/C21H30N2O3/c1-14-17(12-20(25)22-15-6-2-3-7-15)21-18(9-4-10-19(21)24)23(14)13-16-8-5-11-26-16/h15-16H,2-13H2,1H3,(H,22,25)/t16-/m0/s1. The lowest BCUT2D eigenvalue weighted by atomic mass is 9.92. The van der Waals surface area contributed by atoms with Crippen LogP contribution in [0, 0.1) is 6.92 Å². The highest BCUT2D eigenvalue weighted by atomic mass is 16.5. The van der Waals surface area contributed by atoms with Crippen molar-refractivity contribution in [2.75, 3.05) is 6.61 Å². The van der Waals surface area contributed by atoms with E-state index in [4.69, 9.17) is 4.74 Å². The summed E-state index contributed by atoms with van der Waals surface area (Å²) in [5.74, 6) is 0.277. The third-order valence-corrected chi connectivity index (χ3v) is 6.32. The van der Waals surface area contributed by atoms with E-state index in [2.05, 4.69) is 16.8 Å². The highest BCUT2D eigenvalue weighted by Gasteiger charge is 2.31. The molecular formula is C21H30N2O3. The van der Waals surface area contributed by atoms with E-state index in [-0.39, 0.29) is 17.8 Å². The molecule has 0 aromatic carbocycles. The maximum absolute atomic E-state index is 12.7. The Hall–Kier alpha value is -1.62. The molecule has 3 aliphatic rings. The molecule has 1 amide bonds. The predicted octanol–water partition coefficient (Wildman–Crippen LogP) is 3.10. The average molecular weight is 358 g/mol. The van der Waals surface area contributed by atoms with Crippen LogP contribution >= 0.6 is 0 Å². The SMILES string of the molecule is Cc1c(CC(=O)NC2CCCC2)c2c(n1C[C@@H]1CCCO1)CCCC2=O. The van der Waals surface area contributed by atoms with Gasteiger partial charge in [0.1, 0.15) is 0 Å². The molecule has 142 valence electrons. The molecular weight excluding hydrogens is 328 g/mol. The number of carbonyl (C=O) groups is 2. The number of fused-ring (bicyclic) bond motifs is 1. The number of nitrogens with one attached hydrogen (secondary N) is 1. The summed E-state index contributed by atoms with van der Waals surface area (Å²) in [6.07, 6.45) is 9.79. The Labute approximate surface area is 155 Å². The molecule has 2 fully saturated rings. The zero-order chi connectivity index (χ0) is 18.1. The van der Waals surface area contributed by atoms with Crippen molar-refractivity contribution >= 4 is 11.7 Å². The Kier molecular flexibility index (Phi) is 5.16. The second-order valence-corrected chi connectivity index (χ2v) is 8.13. The van der Waals surface area contributed by atoms with E-state index in [1.54, 1.807) is 0 Å². The summed E-state index contributed by atoms with van der Waals surface area (Å²) < 4.78 is 8.10. The van der Waals surface area contributed by atoms with Crippen LogP contribution in [0.5, 0.6) is 0 Å². The number of nitrogens with zero attached hydrogens (tertiary/aromatic N) is 1. The molecule has 5 heteroatoms. The third kappa shape index (κ3) is 3.46. The van der Waals surface area contributed by atoms with E-state index >= 15 is 0 Å². The van der Waals surface area contributed by atoms with Crippen LogP contribution in [-0.4, -0.2) is 35.0 Å². The van der Waals surface area contributed by atoms with E-state index in [9.17, 15) is 9.59 Å². The van der Waals surface area contributed by atoms with Crippen molar-refractivity contribution in [3.8, 4) is 0 Å². The lowest BCUT2D eigenvalue weighted by Crippen LogP contribution is -2.34. The molecule has 1 aromatic heterocycles. The van der Waals surface area contributed by atoms with E-state index in [1.807, 2.05) is 0 Å². The molecule has 26 heavy (non-hydrogen) atoms. The van der Waals surface area contributed by atoms with Gasteiger partial charge in [0.25, 0.3) is 0 Å². The molecule has 0 radical (unpaired) electrons. The maximum atomic E-state index is 12.7. The van der Waals surface area contributed by atoms with Crippen LogP contribution in [0.15, 0.2) is 0 Å². The van der Waals surface area contributed by atoms with Crippen molar-refractivity contribution in [2.45, 2.75) is 89.8 Å². The van der Waals surface area contributed by atoms with Gasteiger partial charge in [0, 0.05) is 42.6 Å². The molecule has 0 bridgehead atoms. The minimum Gasteiger partial charge on any atom is -0.376 e. The minimum atomic E-state index is 0.0652. The number of ether oxygens (including phenoxy) is 1. The molecule has 2 aliphatic carbocycles. The largest absolute Gasteiger partial charge is 0.376 e. The van der Waals surface area contributed by atoms with Crippen molar-refractivity contribution in [3.63, 3.8) is 0 Å². The van der Waals surface area contributed by atoms with Gasteiger partial charge in [0.15, 0.2) is 5.78 Å². The second kappa shape index (κ2) is 7.55. The van der Waals surface area contributed by atoms with Crippen molar-refractivity contribution in [3.05, 3.63) is 22.5 Å². The molecule has 1 aromatic rings. The van der Waals surface area contributed by atoms with Crippen molar-refractivity contribution in [1.29, 1.82) is 0 Å². The highest BCUT2D eigenvalue weighted by Crippen LogP contribution is 2.32. The Morgan fingerprint density at radius 1 is 1.15 bits per heavy atom. The van der Waals surface area contributed by atoms with Gasteiger partial charge < -0.3 is 14.6 Å². The van der Waals surface area contributed by atoms with Gasteiger partial charge in [-0.15, -0.1) is 0 Å². The quantitative estimate of drug-likeness (QED) is 0.880. The van der Waals surface area contributed by atoms with Crippen molar-refractivity contribution in [1.82, 2.24) is 9.88 Å². The molecule has 1 aliphatic heterocycles. The van der Waals surface area contributed by atoms with Crippen LogP contribution in [0.25, 0.3) is 0 Å². The number of amides is 1. The molecule has 4 rings (SSSR count). The van der Waals surface area contributed by atoms with Gasteiger partial charge in [-0.05, 0) is 51.0 Å². The number of hydrogen-bond donors (Lipinski definition) is 1. The second-order valence-electron chi connectivity index (χ2n) is 8.13. The highest BCUT2D eigenvalue weighted by molar-refractivity contribution is 6.01. The summed E-state index contributed by atoms with van der Waals surface area (Å²) in [6, 6.07) is 0.323. The zero-order valence-electron chi connectivity index (χ0n) is 15.8. The number of hydrogen-bond acceptors (Lipinski definition) is 3. The van der Waals surface area contributed by atoms with E-state index in [1.165, 1.54) is 12.8 Å². The Bertz CT molecular complexity index is 695. The first kappa shape index (κ1) is 17.8. The molecule has 1 N–H and O–H groups in total. The first-order valence-electron chi connectivity index (χ1n) is 10.3. The van der Waals surface area contributed by atoms with E-state index in [0.29, 0.717) is 18.9 Å². The fourth-order valence-electron chi connectivity index (χ4n) is 4.95. The number of Topliss-reactive ketones (excluding diaryl/α,β-unsaturated/α-hetero) is 1. The fraction of sp³-hybridized carbons (Fsp3) is 0.714. The van der Waals surface area contributed by atoms with Crippen LogP contribution in [0.4, 0.5) is 0 Å². The Morgan fingerprint density at radius 2 is 1.96 bits per heavy atom. The summed E-state index contributed by atoms with van der Waals surface area (Å²) in [5.41, 5.74) is 4.02. The van der Waals surface area contributed by atoms with Crippen LogP contribution in [0.3, 0.4) is 0 Å². The Morgan fingerprint density at radius 3 is 2.69 bits per heavy atom. The smallest absolute Gasteiger partial charge is 0.224 e. The number of aromatic nitrogens is 1. The molecule has 0 unspecified atom stereocenters. The first-order valence-corrected chi connectivity index (χ1v) is 10.3. The topological polar surface area (TPSA) is 60.3 Å². The lowest BCUT2D eigenvalue weighted by Gasteiger charge is -2.18. The minimum absolute atomic E-state index is 0.0652. The first-order chi connectivity index (χ1) is 12.6. The molecule has 0 spiro atoms.